The Hall–Kier alpha value is -0.740. The second-order valence-electron chi connectivity index (χ2n) is 0.965. The lowest BCUT2D eigenvalue weighted by Crippen LogP contribution is -1.64. The van der Waals surface area contributed by atoms with Gasteiger partial charge in [0.05, 0.1) is 0 Å². The van der Waals surface area contributed by atoms with E-state index in [-0.39, 0.29) is 6.61 Å². The summed E-state index contributed by atoms with van der Waals surface area (Å²) in [5.74, 6) is 4.90. The molecule has 0 atom stereocenters. The van der Waals surface area contributed by atoms with E-state index in [1.165, 1.54) is 0 Å². The van der Waals surface area contributed by atoms with Gasteiger partial charge in [-0.2, -0.15) is 0 Å². The van der Waals surface area contributed by atoms with Crippen LogP contribution in [0, 0.1) is 11.8 Å². The van der Waals surface area contributed by atoms with Gasteiger partial charge in [-0.05, 0) is 13.0 Å². The topological polar surface area (TPSA) is 19.9 Å². The van der Waals surface area contributed by atoms with Gasteiger partial charge < -0.3 is 0 Å². The van der Waals surface area contributed by atoms with Gasteiger partial charge in [-0.15, -0.1) is 0 Å². The van der Waals surface area contributed by atoms with Gasteiger partial charge in [-0.1, -0.05) is 17.9 Å². The fourth-order valence-electron chi connectivity index (χ4n) is 0.184. The lowest BCUT2D eigenvalue weighted by Gasteiger charge is -1.61. The smallest absolute Gasteiger partial charge is 0.143 e. The van der Waals surface area contributed by atoms with Crippen molar-refractivity contribution < 1.29 is 5.11 Å². The molecule has 0 unspecified atom stereocenters. The average molecular weight is 95.1 g/mol. The van der Waals surface area contributed by atoms with Crippen molar-refractivity contribution in [3.05, 3.63) is 12.2 Å². The lowest BCUT2D eigenvalue weighted by atomic mass is 10.5. The Morgan fingerprint density at radius 2 is 2.43 bits per heavy atom. The second-order valence-corrected chi connectivity index (χ2v) is 0.965. The van der Waals surface area contributed by atoms with Crippen molar-refractivity contribution >= 4 is 0 Å². The van der Waals surface area contributed by atoms with Gasteiger partial charge >= 0.3 is 0 Å². The van der Waals surface area contributed by atoms with Crippen LogP contribution in [0.15, 0.2) is 12.2 Å². The van der Waals surface area contributed by atoms with E-state index in [4.69, 9.17) is 0 Å². The van der Waals surface area contributed by atoms with Gasteiger partial charge in [0.1, 0.15) is 6.61 Å². The molecule has 0 bridgehead atoms. The average Bonchev–Trinajstić information content (AvgIpc) is 1.69. The van der Waals surface area contributed by atoms with Crippen molar-refractivity contribution in [3.8, 4) is 11.8 Å². The van der Waals surface area contributed by atoms with Gasteiger partial charge in [0.15, 0.2) is 0 Å². The summed E-state index contributed by atoms with van der Waals surface area (Å²) in [7, 11) is 0. The van der Waals surface area contributed by atoms with Gasteiger partial charge in [0, 0.05) is 0 Å². The van der Waals surface area contributed by atoms with Gasteiger partial charge in [0.2, 0.25) is 0 Å². The first kappa shape index (κ1) is 6.26. The first-order chi connectivity index (χ1) is 3.41. The van der Waals surface area contributed by atoms with E-state index in [0.717, 1.165) is 0 Å². The molecule has 0 rings (SSSR count). The highest BCUT2D eigenvalue weighted by Crippen LogP contribution is 1.62. The third kappa shape index (κ3) is 5.26. The summed E-state index contributed by atoms with van der Waals surface area (Å²) in [6, 6.07) is 0. The van der Waals surface area contributed by atoms with Crippen LogP contribution in [0.4, 0.5) is 0 Å². The minimum atomic E-state index is -0.301. The zero-order valence-electron chi connectivity index (χ0n) is 4.27. The Kier molecular flexibility index (Phi) is 4.70. The van der Waals surface area contributed by atoms with Crippen LogP contribution in [-0.4, -0.2) is 6.61 Å². The predicted molar refractivity (Wildman–Crippen MR) is 28.1 cm³/mol. The van der Waals surface area contributed by atoms with Crippen LogP contribution in [0.1, 0.15) is 6.92 Å². The molecule has 0 aliphatic heterocycles. The molecule has 0 fully saturated rings. The Balaban J connectivity index is 3.25. The summed E-state index contributed by atoms with van der Waals surface area (Å²) >= 11 is 0. The van der Waals surface area contributed by atoms with E-state index in [0.29, 0.717) is 0 Å². The quantitative estimate of drug-likeness (QED) is 0.400. The fraction of sp³-hybridized carbons (Fsp3) is 0.333. The molecule has 0 N–H and O–H groups in total. The van der Waals surface area contributed by atoms with Crippen molar-refractivity contribution in [1.82, 2.24) is 0 Å². The third-order valence-corrected chi connectivity index (χ3v) is 0.424. The summed E-state index contributed by atoms with van der Waals surface area (Å²) in [6.45, 7) is 1.56. The highest BCUT2D eigenvalue weighted by molar-refractivity contribution is 5.14. The van der Waals surface area contributed by atoms with Crippen molar-refractivity contribution in [2.24, 2.45) is 0 Å². The Morgan fingerprint density at radius 3 is 2.86 bits per heavy atom. The standard InChI is InChI=1S/C6H7O/c1-2-3-4-5-6-7/h2-3H,6H2,1H3/b3-2+. The molecular weight excluding hydrogens is 88.1 g/mol. The molecule has 1 heteroatoms. The largest absolute Gasteiger partial charge is 0.223 e. The third-order valence-electron chi connectivity index (χ3n) is 0.424. The van der Waals surface area contributed by atoms with E-state index in [2.05, 4.69) is 11.8 Å². The van der Waals surface area contributed by atoms with E-state index in [1.54, 1.807) is 12.2 Å². The summed E-state index contributed by atoms with van der Waals surface area (Å²) in [6.07, 6.45) is 3.44. The minimum absolute atomic E-state index is 0.301. The summed E-state index contributed by atoms with van der Waals surface area (Å²) in [4.78, 5) is 0. The van der Waals surface area contributed by atoms with E-state index in [1.807, 2.05) is 6.92 Å². The summed E-state index contributed by atoms with van der Waals surface area (Å²) < 4.78 is 0. The molecule has 0 aliphatic carbocycles. The zero-order valence-corrected chi connectivity index (χ0v) is 4.27. The summed E-state index contributed by atoms with van der Waals surface area (Å²) in [5, 5.41) is 9.60. The molecule has 0 aromatic rings. The molecule has 0 saturated carbocycles. The van der Waals surface area contributed by atoms with Crippen LogP contribution in [-0.2, 0) is 5.11 Å². The van der Waals surface area contributed by atoms with Gasteiger partial charge in [-0.3, -0.25) is 0 Å². The van der Waals surface area contributed by atoms with Gasteiger partial charge in [-0.25, -0.2) is 5.11 Å². The molecule has 7 heavy (non-hydrogen) atoms. The highest BCUT2D eigenvalue weighted by Gasteiger charge is 1.57. The maximum atomic E-state index is 9.60. The SMILES string of the molecule is C/C=C/C#CC[O]. The molecule has 37 valence electrons. The maximum Gasteiger partial charge on any atom is 0.143 e. The number of allylic oxidation sites excluding steroid dienone is 2. The van der Waals surface area contributed by atoms with Crippen molar-refractivity contribution in [3.63, 3.8) is 0 Å². The van der Waals surface area contributed by atoms with Crippen molar-refractivity contribution in [2.75, 3.05) is 6.61 Å². The predicted octanol–water partition coefficient (Wildman–Crippen LogP) is 0.996. The molecule has 1 nitrogen and oxygen atoms in total. The molecule has 1 radical (unpaired) electrons. The molecule has 0 aromatic heterocycles. The van der Waals surface area contributed by atoms with Crippen LogP contribution in [0.25, 0.3) is 0 Å². The molecular formula is C6H7O. The van der Waals surface area contributed by atoms with Crippen LogP contribution < -0.4 is 0 Å². The van der Waals surface area contributed by atoms with Gasteiger partial charge in [0.25, 0.3) is 0 Å². The highest BCUT2D eigenvalue weighted by atomic mass is 16.2. The molecule has 0 amide bonds. The monoisotopic (exact) mass is 95.0 g/mol. The first-order valence-electron chi connectivity index (χ1n) is 2.09. The molecule has 0 saturated heterocycles. The number of hydrogen-bond donors (Lipinski definition) is 0. The van der Waals surface area contributed by atoms with Crippen LogP contribution in [0.3, 0.4) is 0 Å². The minimum Gasteiger partial charge on any atom is -0.223 e. The Bertz CT molecular complexity index is 103. The lowest BCUT2D eigenvalue weighted by molar-refractivity contribution is 0.239. The van der Waals surface area contributed by atoms with E-state index >= 15 is 0 Å². The maximum absolute atomic E-state index is 9.60. The van der Waals surface area contributed by atoms with Crippen LogP contribution in [0.2, 0.25) is 0 Å². The van der Waals surface area contributed by atoms with E-state index in [9.17, 15) is 5.11 Å². The Labute approximate surface area is 43.7 Å². The number of hydrogen-bond acceptors (Lipinski definition) is 0. The van der Waals surface area contributed by atoms with Crippen LogP contribution in [0.5, 0.6) is 0 Å². The second kappa shape index (κ2) is 5.26. The van der Waals surface area contributed by atoms with Crippen LogP contribution >= 0.6 is 0 Å². The molecule has 0 heterocycles. The fourth-order valence-corrected chi connectivity index (χ4v) is 0.184. The molecule has 0 spiro atoms. The zero-order chi connectivity index (χ0) is 5.54. The molecule has 0 aliphatic rings. The molecule has 0 aromatic carbocycles. The number of rotatable bonds is 0. The first-order valence-corrected chi connectivity index (χ1v) is 2.09. The van der Waals surface area contributed by atoms with Crippen molar-refractivity contribution in [2.45, 2.75) is 6.92 Å². The summed E-state index contributed by atoms with van der Waals surface area (Å²) in [5.41, 5.74) is 0. The van der Waals surface area contributed by atoms with Crippen molar-refractivity contribution in [1.29, 1.82) is 0 Å². The normalized spacial score (nSPS) is 8.29. The Morgan fingerprint density at radius 1 is 1.71 bits per heavy atom. The van der Waals surface area contributed by atoms with E-state index < -0.39 is 0 Å².